The van der Waals surface area contributed by atoms with E-state index in [2.05, 4.69) is 13.2 Å². The summed E-state index contributed by atoms with van der Waals surface area (Å²) in [4.78, 5) is 22.9. The highest BCUT2D eigenvalue weighted by Crippen LogP contribution is 2.31. The first-order valence-electron chi connectivity index (χ1n) is 9.56. The normalized spacial score (nSPS) is 11.0. The van der Waals surface area contributed by atoms with Gasteiger partial charge in [-0.05, 0) is 63.1 Å². The minimum atomic E-state index is -3.89. The van der Waals surface area contributed by atoms with Crippen LogP contribution in [0.1, 0.15) is 38.8 Å². The number of hydrogen-bond donors (Lipinski definition) is 0. The molecule has 2 aromatic rings. The highest BCUT2D eigenvalue weighted by Gasteiger charge is 2.22. The van der Waals surface area contributed by atoms with Crippen molar-refractivity contribution in [3.8, 4) is 11.5 Å². The number of allylic oxidation sites excluding steroid dienone is 2. The summed E-state index contributed by atoms with van der Waals surface area (Å²) < 4.78 is 37.0. The zero-order valence-corrected chi connectivity index (χ0v) is 19.0. The van der Waals surface area contributed by atoms with Crippen LogP contribution in [0.3, 0.4) is 0 Å². The molecule has 0 fully saturated rings. The molecular formula is C24H26O6S. The van der Waals surface area contributed by atoms with Crippen LogP contribution < -0.4 is 9.47 Å². The van der Waals surface area contributed by atoms with Gasteiger partial charge in [0.1, 0.15) is 11.5 Å². The second kappa shape index (κ2) is 9.75. The maximum absolute atomic E-state index is 13.3. The van der Waals surface area contributed by atoms with Gasteiger partial charge in [0.05, 0.1) is 9.79 Å². The van der Waals surface area contributed by atoms with Crippen LogP contribution in [0.2, 0.25) is 0 Å². The molecule has 0 aliphatic heterocycles. The van der Waals surface area contributed by atoms with E-state index in [1.165, 1.54) is 50.2 Å². The molecule has 0 saturated carbocycles. The highest BCUT2D eigenvalue weighted by molar-refractivity contribution is 7.91. The standard InChI is InChI=1S/C24H26O6S/c1-15(2)11-19-13-21(7-9-23(19)29-17(5)25)31(27,28)22-8-10-24(30-18(6)26)20(14-22)12-16(3)4/h7-10,13-14H,1,3,11-12H2,2,4-6H3. The van der Waals surface area contributed by atoms with Gasteiger partial charge in [0.2, 0.25) is 9.84 Å². The van der Waals surface area contributed by atoms with Gasteiger partial charge in [-0.25, -0.2) is 8.42 Å². The SMILES string of the molecule is C=C(C)Cc1cc(S(=O)(=O)c2ccc(OC(C)=O)c(CC(=C)C)c2)ccc1OC(C)=O. The predicted octanol–water partition coefficient (Wildman–Crippen LogP) is 4.61. The lowest BCUT2D eigenvalue weighted by Gasteiger charge is -2.14. The van der Waals surface area contributed by atoms with Gasteiger partial charge in [-0.3, -0.25) is 9.59 Å². The van der Waals surface area contributed by atoms with Gasteiger partial charge in [-0.2, -0.15) is 0 Å². The number of rotatable bonds is 8. The van der Waals surface area contributed by atoms with Gasteiger partial charge >= 0.3 is 11.9 Å². The third-order valence-electron chi connectivity index (χ3n) is 4.18. The van der Waals surface area contributed by atoms with Crippen molar-refractivity contribution in [2.75, 3.05) is 0 Å². The number of carbonyl (C=O) groups is 2. The number of carbonyl (C=O) groups excluding carboxylic acids is 2. The van der Waals surface area contributed by atoms with Gasteiger partial charge in [-0.15, -0.1) is 0 Å². The van der Waals surface area contributed by atoms with Crippen LogP contribution in [0.5, 0.6) is 11.5 Å². The fourth-order valence-electron chi connectivity index (χ4n) is 3.02. The van der Waals surface area contributed by atoms with E-state index in [9.17, 15) is 18.0 Å². The molecule has 0 saturated heterocycles. The van der Waals surface area contributed by atoms with Crippen molar-refractivity contribution in [3.05, 3.63) is 71.8 Å². The molecule has 164 valence electrons. The topological polar surface area (TPSA) is 86.7 Å². The second-order valence-electron chi connectivity index (χ2n) is 7.50. The quantitative estimate of drug-likeness (QED) is 0.337. The zero-order chi connectivity index (χ0) is 23.3. The van der Waals surface area contributed by atoms with E-state index in [1.54, 1.807) is 13.8 Å². The van der Waals surface area contributed by atoms with Crippen LogP contribution in [0.15, 0.2) is 70.5 Å². The van der Waals surface area contributed by atoms with Crippen molar-refractivity contribution >= 4 is 21.8 Å². The Bertz CT molecular complexity index is 1070. The molecule has 0 aliphatic rings. The summed E-state index contributed by atoms with van der Waals surface area (Å²) in [5.74, 6) is -0.404. The summed E-state index contributed by atoms with van der Waals surface area (Å²) in [6.45, 7) is 13.9. The lowest BCUT2D eigenvalue weighted by atomic mass is 10.1. The Kier molecular flexibility index (Phi) is 7.57. The molecule has 2 aromatic carbocycles. The molecule has 7 heteroatoms. The Labute approximate surface area is 183 Å². The van der Waals surface area contributed by atoms with E-state index in [4.69, 9.17) is 9.47 Å². The van der Waals surface area contributed by atoms with Crippen LogP contribution in [-0.2, 0) is 32.3 Å². The Morgan fingerprint density at radius 3 is 1.39 bits per heavy atom. The molecule has 6 nitrogen and oxygen atoms in total. The summed E-state index contributed by atoms with van der Waals surface area (Å²) in [5.41, 5.74) is 2.67. The highest BCUT2D eigenvalue weighted by atomic mass is 32.2. The van der Waals surface area contributed by atoms with Crippen LogP contribution in [0.4, 0.5) is 0 Å². The minimum absolute atomic E-state index is 0.0566. The lowest BCUT2D eigenvalue weighted by molar-refractivity contribution is -0.132. The number of hydrogen-bond acceptors (Lipinski definition) is 6. The third-order valence-corrected chi connectivity index (χ3v) is 5.93. The Balaban J connectivity index is 2.57. The van der Waals surface area contributed by atoms with Crippen molar-refractivity contribution in [2.45, 2.75) is 50.3 Å². The molecule has 0 bridgehead atoms. The first-order valence-corrected chi connectivity index (χ1v) is 11.0. The zero-order valence-electron chi connectivity index (χ0n) is 18.2. The maximum atomic E-state index is 13.3. The van der Waals surface area contributed by atoms with Crippen molar-refractivity contribution in [2.24, 2.45) is 0 Å². The maximum Gasteiger partial charge on any atom is 0.308 e. The Morgan fingerprint density at radius 2 is 1.10 bits per heavy atom. The van der Waals surface area contributed by atoms with E-state index in [-0.39, 0.29) is 9.79 Å². The van der Waals surface area contributed by atoms with Crippen molar-refractivity contribution < 1.29 is 27.5 Å². The van der Waals surface area contributed by atoms with Crippen LogP contribution in [-0.4, -0.2) is 20.4 Å². The van der Waals surface area contributed by atoms with Crippen molar-refractivity contribution in [3.63, 3.8) is 0 Å². The molecule has 0 N–H and O–H groups in total. The van der Waals surface area contributed by atoms with Gasteiger partial charge in [0.15, 0.2) is 0 Å². The molecule has 0 unspecified atom stereocenters. The summed E-state index contributed by atoms with van der Waals surface area (Å²) in [5, 5.41) is 0. The number of sulfone groups is 1. The number of benzene rings is 2. The fourth-order valence-corrected chi connectivity index (χ4v) is 4.38. The third kappa shape index (κ3) is 6.39. The molecule has 0 atom stereocenters. The average Bonchev–Trinajstić information content (AvgIpc) is 2.62. The summed E-state index contributed by atoms with van der Waals surface area (Å²) in [6, 6.07) is 8.70. The first kappa shape index (κ1) is 24.1. The van der Waals surface area contributed by atoms with Crippen molar-refractivity contribution in [1.82, 2.24) is 0 Å². The van der Waals surface area contributed by atoms with E-state index in [1.807, 2.05) is 0 Å². The van der Waals surface area contributed by atoms with Gasteiger partial charge < -0.3 is 9.47 Å². The van der Waals surface area contributed by atoms with E-state index >= 15 is 0 Å². The molecule has 0 aliphatic carbocycles. The molecule has 2 rings (SSSR count). The smallest absolute Gasteiger partial charge is 0.308 e. The molecule has 0 amide bonds. The van der Waals surface area contributed by atoms with E-state index < -0.39 is 21.8 Å². The Morgan fingerprint density at radius 1 is 0.742 bits per heavy atom. The molecule has 0 radical (unpaired) electrons. The average molecular weight is 443 g/mol. The van der Waals surface area contributed by atoms with Crippen LogP contribution >= 0.6 is 0 Å². The minimum Gasteiger partial charge on any atom is -0.426 e. The molecule has 0 spiro atoms. The monoisotopic (exact) mass is 442 g/mol. The molecular weight excluding hydrogens is 416 g/mol. The van der Waals surface area contributed by atoms with Crippen molar-refractivity contribution in [1.29, 1.82) is 0 Å². The number of esters is 2. The second-order valence-corrected chi connectivity index (χ2v) is 9.45. The largest absolute Gasteiger partial charge is 0.426 e. The molecule has 0 aromatic heterocycles. The lowest BCUT2D eigenvalue weighted by Crippen LogP contribution is -2.09. The van der Waals surface area contributed by atoms with E-state index in [0.29, 0.717) is 35.5 Å². The van der Waals surface area contributed by atoms with Gasteiger partial charge in [0, 0.05) is 25.0 Å². The first-order chi connectivity index (χ1) is 14.4. The van der Waals surface area contributed by atoms with Gasteiger partial charge in [0.25, 0.3) is 0 Å². The van der Waals surface area contributed by atoms with Crippen LogP contribution in [0, 0.1) is 0 Å². The summed E-state index contributed by atoms with van der Waals surface area (Å²) in [7, 11) is -3.89. The van der Waals surface area contributed by atoms with Gasteiger partial charge in [-0.1, -0.05) is 24.3 Å². The fraction of sp³-hybridized carbons (Fsp3) is 0.250. The Hall–Kier alpha value is -3.19. The predicted molar refractivity (Wildman–Crippen MR) is 118 cm³/mol. The summed E-state index contributed by atoms with van der Waals surface area (Å²) >= 11 is 0. The number of ether oxygens (including phenoxy) is 2. The molecule has 31 heavy (non-hydrogen) atoms. The van der Waals surface area contributed by atoms with Crippen LogP contribution in [0.25, 0.3) is 0 Å². The molecule has 0 heterocycles. The van der Waals surface area contributed by atoms with E-state index in [0.717, 1.165) is 11.1 Å². The summed E-state index contributed by atoms with van der Waals surface area (Å²) in [6.07, 6.45) is 0.719.